The van der Waals surface area contributed by atoms with Crippen LogP contribution in [0.1, 0.15) is 23.6 Å². The quantitative estimate of drug-likeness (QED) is 0.916. The first-order valence-corrected chi connectivity index (χ1v) is 7.29. The second-order valence-corrected chi connectivity index (χ2v) is 5.11. The van der Waals surface area contributed by atoms with E-state index in [4.69, 9.17) is 5.73 Å². The summed E-state index contributed by atoms with van der Waals surface area (Å²) in [7, 11) is 0. The van der Waals surface area contributed by atoms with E-state index in [9.17, 15) is 4.79 Å². The summed E-state index contributed by atoms with van der Waals surface area (Å²) in [6.45, 7) is 5.21. The first-order chi connectivity index (χ1) is 10.2. The van der Waals surface area contributed by atoms with Crippen LogP contribution in [0.2, 0.25) is 0 Å². The molecular weight excluding hydrogens is 260 g/mol. The van der Waals surface area contributed by atoms with Crippen molar-refractivity contribution in [3.8, 4) is 0 Å². The van der Waals surface area contributed by atoms with E-state index in [-0.39, 0.29) is 5.91 Å². The number of carbonyl (C=O) groups excluding carboxylic acids is 1. The Kier molecular flexibility index (Phi) is 5.12. The van der Waals surface area contributed by atoms with Crippen molar-refractivity contribution in [2.24, 2.45) is 5.73 Å². The Morgan fingerprint density at radius 3 is 2.33 bits per heavy atom. The molecule has 0 atom stereocenters. The molecule has 0 saturated carbocycles. The Hall–Kier alpha value is -2.13. The summed E-state index contributed by atoms with van der Waals surface area (Å²) in [5.74, 6) is 0.118. The molecule has 0 heterocycles. The van der Waals surface area contributed by atoms with Crippen molar-refractivity contribution in [1.29, 1.82) is 0 Å². The highest BCUT2D eigenvalue weighted by atomic mass is 16.2. The third-order valence-corrected chi connectivity index (χ3v) is 3.70. The van der Waals surface area contributed by atoms with E-state index in [1.807, 2.05) is 67.3 Å². The van der Waals surface area contributed by atoms with E-state index in [0.29, 0.717) is 19.5 Å². The zero-order valence-electron chi connectivity index (χ0n) is 12.7. The van der Waals surface area contributed by atoms with Crippen molar-refractivity contribution in [2.45, 2.75) is 26.8 Å². The minimum absolute atomic E-state index is 0.118. The van der Waals surface area contributed by atoms with Crippen molar-refractivity contribution < 1.29 is 4.79 Å². The minimum atomic E-state index is 0.118. The topological polar surface area (TPSA) is 46.3 Å². The van der Waals surface area contributed by atoms with E-state index in [1.165, 1.54) is 0 Å². The van der Waals surface area contributed by atoms with Gasteiger partial charge >= 0.3 is 0 Å². The van der Waals surface area contributed by atoms with Crippen LogP contribution < -0.4 is 10.6 Å². The summed E-state index contributed by atoms with van der Waals surface area (Å²) >= 11 is 0. The molecule has 2 aromatic rings. The summed E-state index contributed by atoms with van der Waals surface area (Å²) in [5, 5.41) is 0. The fourth-order valence-corrected chi connectivity index (χ4v) is 2.38. The second-order valence-electron chi connectivity index (χ2n) is 5.11. The average molecular weight is 282 g/mol. The summed E-state index contributed by atoms with van der Waals surface area (Å²) in [6.07, 6.45) is 0.430. The average Bonchev–Trinajstić information content (AvgIpc) is 2.51. The van der Waals surface area contributed by atoms with Gasteiger partial charge in [-0.25, -0.2) is 0 Å². The summed E-state index contributed by atoms with van der Waals surface area (Å²) in [6, 6.07) is 15.9. The summed E-state index contributed by atoms with van der Waals surface area (Å²) < 4.78 is 0. The SMILES string of the molecule is CCN(C(=O)Cc1ccccc1C)c1ccc(CN)cc1. The van der Waals surface area contributed by atoms with Crippen LogP contribution in [0.4, 0.5) is 5.69 Å². The van der Waals surface area contributed by atoms with Crippen LogP contribution in [0.5, 0.6) is 0 Å². The van der Waals surface area contributed by atoms with E-state index in [0.717, 1.165) is 22.4 Å². The number of anilines is 1. The van der Waals surface area contributed by atoms with Crippen LogP contribution in [-0.4, -0.2) is 12.5 Å². The van der Waals surface area contributed by atoms with Gasteiger partial charge in [0.15, 0.2) is 0 Å². The lowest BCUT2D eigenvalue weighted by Gasteiger charge is -2.22. The molecule has 0 spiro atoms. The van der Waals surface area contributed by atoms with E-state index in [1.54, 1.807) is 0 Å². The number of rotatable bonds is 5. The zero-order chi connectivity index (χ0) is 15.2. The Morgan fingerprint density at radius 1 is 1.10 bits per heavy atom. The fraction of sp³-hybridized carbons (Fsp3) is 0.278. The Morgan fingerprint density at radius 2 is 1.76 bits per heavy atom. The molecule has 0 fully saturated rings. The van der Waals surface area contributed by atoms with Crippen molar-refractivity contribution in [3.63, 3.8) is 0 Å². The molecule has 0 radical (unpaired) electrons. The number of nitrogens with two attached hydrogens (primary N) is 1. The first kappa shape index (κ1) is 15.3. The molecule has 2 N–H and O–H groups in total. The number of likely N-dealkylation sites (N-methyl/N-ethyl adjacent to an activating group) is 1. The standard InChI is InChI=1S/C18H22N2O/c1-3-20(17-10-8-15(13-19)9-11-17)18(21)12-16-7-5-4-6-14(16)2/h4-11H,3,12-13,19H2,1-2H3. The highest BCUT2D eigenvalue weighted by Crippen LogP contribution is 2.17. The molecule has 0 bridgehead atoms. The van der Waals surface area contributed by atoms with Gasteiger partial charge in [-0.3, -0.25) is 4.79 Å². The van der Waals surface area contributed by atoms with Gasteiger partial charge in [-0.15, -0.1) is 0 Å². The van der Waals surface area contributed by atoms with Gasteiger partial charge in [0.25, 0.3) is 0 Å². The van der Waals surface area contributed by atoms with Gasteiger partial charge in [-0.05, 0) is 42.7 Å². The number of amides is 1. The van der Waals surface area contributed by atoms with Crippen LogP contribution >= 0.6 is 0 Å². The lowest BCUT2D eigenvalue weighted by molar-refractivity contribution is -0.117. The number of nitrogens with zero attached hydrogens (tertiary/aromatic N) is 1. The molecule has 0 aliphatic heterocycles. The van der Waals surface area contributed by atoms with Gasteiger partial charge in [0, 0.05) is 18.8 Å². The third-order valence-electron chi connectivity index (χ3n) is 3.70. The molecule has 21 heavy (non-hydrogen) atoms. The van der Waals surface area contributed by atoms with Gasteiger partial charge in [0.1, 0.15) is 0 Å². The number of benzene rings is 2. The molecule has 0 aromatic heterocycles. The molecule has 110 valence electrons. The normalized spacial score (nSPS) is 10.4. The number of hydrogen-bond donors (Lipinski definition) is 1. The fourth-order valence-electron chi connectivity index (χ4n) is 2.38. The van der Waals surface area contributed by atoms with E-state index >= 15 is 0 Å². The molecule has 2 aromatic carbocycles. The maximum Gasteiger partial charge on any atom is 0.231 e. The second kappa shape index (κ2) is 7.04. The number of carbonyl (C=O) groups is 1. The van der Waals surface area contributed by atoms with Crippen molar-refractivity contribution >= 4 is 11.6 Å². The van der Waals surface area contributed by atoms with E-state index < -0.39 is 0 Å². The Labute approximate surface area is 126 Å². The largest absolute Gasteiger partial charge is 0.326 e. The predicted molar refractivity (Wildman–Crippen MR) is 87.2 cm³/mol. The van der Waals surface area contributed by atoms with Gasteiger partial charge < -0.3 is 10.6 Å². The van der Waals surface area contributed by atoms with Crippen molar-refractivity contribution in [2.75, 3.05) is 11.4 Å². The molecule has 1 amide bonds. The van der Waals surface area contributed by atoms with Gasteiger partial charge in [-0.2, -0.15) is 0 Å². The molecule has 0 aliphatic carbocycles. The summed E-state index contributed by atoms with van der Waals surface area (Å²) in [5.41, 5.74) is 9.84. The van der Waals surface area contributed by atoms with Gasteiger partial charge in [0.05, 0.1) is 6.42 Å². The monoisotopic (exact) mass is 282 g/mol. The molecule has 0 unspecified atom stereocenters. The van der Waals surface area contributed by atoms with Gasteiger partial charge in [-0.1, -0.05) is 36.4 Å². The van der Waals surface area contributed by atoms with Crippen molar-refractivity contribution in [3.05, 3.63) is 65.2 Å². The lowest BCUT2D eigenvalue weighted by atomic mass is 10.0. The third kappa shape index (κ3) is 3.70. The van der Waals surface area contributed by atoms with Crippen LogP contribution in [0.25, 0.3) is 0 Å². The molecule has 0 saturated heterocycles. The first-order valence-electron chi connectivity index (χ1n) is 7.29. The van der Waals surface area contributed by atoms with Gasteiger partial charge in [0.2, 0.25) is 5.91 Å². The zero-order valence-corrected chi connectivity index (χ0v) is 12.7. The van der Waals surface area contributed by atoms with E-state index in [2.05, 4.69) is 0 Å². The van der Waals surface area contributed by atoms with Crippen LogP contribution in [0.3, 0.4) is 0 Å². The van der Waals surface area contributed by atoms with Crippen LogP contribution in [-0.2, 0) is 17.8 Å². The molecule has 3 nitrogen and oxygen atoms in total. The molecular formula is C18H22N2O. The van der Waals surface area contributed by atoms with Crippen molar-refractivity contribution in [1.82, 2.24) is 0 Å². The molecule has 3 heteroatoms. The minimum Gasteiger partial charge on any atom is -0.326 e. The Bertz CT molecular complexity index is 605. The van der Waals surface area contributed by atoms with Crippen LogP contribution in [0.15, 0.2) is 48.5 Å². The highest BCUT2D eigenvalue weighted by Gasteiger charge is 2.15. The lowest BCUT2D eigenvalue weighted by Crippen LogP contribution is -2.32. The summed E-state index contributed by atoms with van der Waals surface area (Å²) in [4.78, 5) is 14.4. The highest BCUT2D eigenvalue weighted by molar-refractivity contribution is 5.94. The van der Waals surface area contributed by atoms with Crippen LogP contribution in [0, 0.1) is 6.92 Å². The maximum atomic E-state index is 12.6. The smallest absolute Gasteiger partial charge is 0.231 e. The molecule has 0 aliphatic rings. The number of hydrogen-bond acceptors (Lipinski definition) is 2. The number of aryl methyl sites for hydroxylation is 1. The molecule has 2 rings (SSSR count). The Balaban J connectivity index is 2.16. The predicted octanol–water partition coefficient (Wildman–Crippen LogP) is 3.05. The maximum absolute atomic E-state index is 12.6.